The van der Waals surface area contributed by atoms with Crippen molar-refractivity contribution >= 4 is 29.2 Å². The highest BCUT2D eigenvalue weighted by Gasteiger charge is 2.26. The normalized spacial score (nSPS) is 13.7. The number of benzene rings is 1. The molecule has 0 atom stereocenters. The van der Waals surface area contributed by atoms with Gasteiger partial charge in [0.1, 0.15) is 0 Å². The van der Waals surface area contributed by atoms with Gasteiger partial charge in [0, 0.05) is 47.2 Å². The van der Waals surface area contributed by atoms with E-state index in [1.54, 1.807) is 6.08 Å². The summed E-state index contributed by atoms with van der Waals surface area (Å²) in [6, 6.07) is 5.72. The van der Waals surface area contributed by atoms with Gasteiger partial charge in [-0.25, -0.2) is 0 Å². The molecule has 1 aromatic heterocycles. The zero-order chi connectivity index (χ0) is 24.0. The molecule has 2 heterocycles. The van der Waals surface area contributed by atoms with Crippen LogP contribution in [0.15, 0.2) is 23.3 Å². The third-order valence-electron chi connectivity index (χ3n) is 6.03. The SMILES string of the molecule is CCN(CC)CCNC(=O)c1c(C)[nH]c(/C=C2\C(=O)Nc3ccc(CCN=[N+]=[N-])cc32)c1C. The molecule has 2 amide bonds. The van der Waals surface area contributed by atoms with E-state index in [1.807, 2.05) is 32.0 Å². The van der Waals surface area contributed by atoms with Gasteiger partial charge < -0.3 is 20.5 Å². The summed E-state index contributed by atoms with van der Waals surface area (Å²) in [5.41, 5.74) is 14.5. The predicted octanol–water partition coefficient (Wildman–Crippen LogP) is 4.05. The Hall–Kier alpha value is -3.55. The van der Waals surface area contributed by atoms with Crippen molar-refractivity contribution in [2.45, 2.75) is 34.1 Å². The van der Waals surface area contributed by atoms with E-state index in [2.05, 4.69) is 44.4 Å². The van der Waals surface area contributed by atoms with Gasteiger partial charge in [-0.1, -0.05) is 25.0 Å². The van der Waals surface area contributed by atoms with Crippen molar-refractivity contribution in [1.82, 2.24) is 15.2 Å². The number of carbonyl (C=O) groups excluding carboxylic acids is 2. The monoisotopic (exact) mass is 449 g/mol. The summed E-state index contributed by atoms with van der Waals surface area (Å²) >= 11 is 0. The summed E-state index contributed by atoms with van der Waals surface area (Å²) in [6.07, 6.45) is 2.39. The Balaban J connectivity index is 1.83. The molecule has 0 saturated carbocycles. The summed E-state index contributed by atoms with van der Waals surface area (Å²) < 4.78 is 0. The number of H-pyrrole nitrogens is 1. The van der Waals surface area contributed by atoms with Gasteiger partial charge in [0.2, 0.25) is 0 Å². The number of carbonyl (C=O) groups is 2. The Morgan fingerprint density at radius 2 is 2.03 bits per heavy atom. The van der Waals surface area contributed by atoms with Crippen LogP contribution in [-0.4, -0.2) is 54.4 Å². The fourth-order valence-electron chi connectivity index (χ4n) is 4.12. The molecule has 0 fully saturated rings. The highest BCUT2D eigenvalue weighted by Crippen LogP contribution is 2.34. The summed E-state index contributed by atoms with van der Waals surface area (Å²) in [6.45, 7) is 11.6. The predicted molar refractivity (Wildman–Crippen MR) is 131 cm³/mol. The van der Waals surface area contributed by atoms with Gasteiger partial charge in [0.25, 0.3) is 11.8 Å². The maximum atomic E-state index is 12.8. The van der Waals surface area contributed by atoms with Gasteiger partial charge in [-0.2, -0.15) is 0 Å². The molecule has 174 valence electrons. The highest BCUT2D eigenvalue weighted by atomic mass is 16.2. The lowest BCUT2D eigenvalue weighted by atomic mass is 10.0. The zero-order valence-corrected chi connectivity index (χ0v) is 19.7. The Morgan fingerprint density at radius 3 is 2.73 bits per heavy atom. The topological polar surface area (TPSA) is 126 Å². The van der Waals surface area contributed by atoms with Gasteiger partial charge >= 0.3 is 0 Å². The third-order valence-corrected chi connectivity index (χ3v) is 6.03. The van der Waals surface area contributed by atoms with Crippen molar-refractivity contribution in [3.8, 4) is 0 Å². The first-order valence-electron chi connectivity index (χ1n) is 11.3. The van der Waals surface area contributed by atoms with Gasteiger partial charge in [-0.15, -0.1) is 0 Å². The first kappa shape index (κ1) is 24.1. The van der Waals surface area contributed by atoms with Crippen LogP contribution in [0.5, 0.6) is 0 Å². The van der Waals surface area contributed by atoms with Crippen LogP contribution in [0.25, 0.3) is 22.1 Å². The zero-order valence-electron chi connectivity index (χ0n) is 19.7. The molecular weight excluding hydrogens is 418 g/mol. The minimum atomic E-state index is -0.186. The van der Waals surface area contributed by atoms with Crippen molar-refractivity contribution in [2.75, 3.05) is 38.0 Å². The number of rotatable bonds is 10. The Kier molecular flexibility index (Phi) is 7.92. The average molecular weight is 450 g/mol. The standard InChI is InChI=1S/C24H31N7O2/c1-5-31(6-2)12-11-26-24(33)22-15(3)21(28-16(22)4)14-19-18-13-17(9-10-27-30-25)7-8-20(18)29-23(19)32/h7-8,13-14,28H,5-6,9-12H2,1-4H3,(H,26,33)(H,29,32)/b19-14-. The van der Waals surface area contributed by atoms with E-state index in [-0.39, 0.29) is 11.8 Å². The number of amides is 2. The molecular formula is C24H31N7O2. The lowest BCUT2D eigenvalue weighted by Crippen LogP contribution is -2.35. The van der Waals surface area contributed by atoms with Crippen molar-refractivity contribution in [3.05, 3.63) is 62.3 Å². The number of hydrogen-bond acceptors (Lipinski definition) is 4. The average Bonchev–Trinajstić information content (AvgIpc) is 3.26. The molecule has 3 N–H and O–H groups in total. The summed E-state index contributed by atoms with van der Waals surface area (Å²) in [7, 11) is 0. The molecule has 0 spiro atoms. The highest BCUT2D eigenvalue weighted by molar-refractivity contribution is 6.35. The summed E-state index contributed by atoms with van der Waals surface area (Å²) in [5.74, 6) is -0.302. The molecule has 1 aromatic carbocycles. The summed E-state index contributed by atoms with van der Waals surface area (Å²) in [4.78, 5) is 33.8. The largest absolute Gasteiger partial charge is 0.358 e. The molecule has 9 nitrogen and oxygen atoms in total. The number of aryl methyl sites for hydroxylation is 1. The fourth-order valence-corrected chi connectivity index (χ4v) is 4.12. The van der Waals surface area contributed by atoms with Crippen LogP contribution >= 0.6 is 0 Å². The molecule has 1 aliphatic rings. The van der Waals surface area contributed by atoms with Crippen LogP contribution in [-0.2, 0) is 11.2 Å². The molecule has 0 radical (unpaired) electrons. The van der Waals surface area contributed by atoms with Crippen LogP contribution in [0.4, 0.5) is 5.69 Å². The minimum Gasteiger partial charge on any atom is -0.358 e. The quantitative estimate of drug-likeness (QED) is 0.219. The second-order valence-electron chi connectivity index (χ2n) is 8.04. The lowest BCUT2D eigenvalue weighted by Gasteiger charge is -2.18. The van der Waals surface area contributed by atoms with E-state index >= 15 is 0 Å². The van der Waals surface area contributed by atoms with E-state index in [0.717, 1.165) is 53.4 Å². The second kappa shape index (κ2) is 10.8. The lowest BCUT2D eigenvalue weighted by molar-refractivity contribution is -0.110. The number of azide groups is 1. The van der Waals surface area contributed by atoms with Crippen LogP contribution in [0.1, 0.15) is 52.3 Å². The molecule has 1 aliphatic heterocycles. The minimum absolute atomic E-state index is 0.116. The number of nitrogens with one attached hydrogen (secondary N) is 3. The van der Waals surface area contributed by atoms with Gasteiger partial charge in [0.05, 0.1) is 11.1 Å². The van der Waals surface area contributed by atoms with E-state index in [1.165, 1.54) is 0 Å². The fraction of sp³-hybridized carbons (Fsp3) is 0.417. The molecule has 0 unspecified atom stereocenters. The van der Waals surface area contributed by atoms with Crippen molar-refractivity contribution in [3.63, 3.8) is 0 Å². The van der Waals surface area contributed by atoms with Crippen LogP contribution in [0, 0.1) is 13.8 Å². The van der Waals surface area contributed by atoms with Gasteiger partial charge in [0.15, 0.2) is 0 Å². The Morgan fingerprint density at radius 1 is 1.27 bits per heavy atom. The molecule has 2 aromatic rings. The Bertz CT molecular complexity index is 1120. The molecule has 0 saturated heterocycles. The molecule has 0 aliphatic carbocycles. The number of likely N-dealkylation sites (N-methyl/N-ethyl adjacent to an activating group) is 1. The maximum absolute atomic E-state index is 12.8. The second-order valence-corrected chi connectivity index (χ2v) is 8.04. The number of nitrogens with zero attached hydrogens (tertiary/aromatic N) is 4. The van der Waals surface area contributed by atoms with Crippen LogP contribution in [0.3, 0.4) is 0 Å². The van der Waals surface area contributed by atoms with E-state index < -0.39 is 0 Å². The van der Waals surface area contributed by atoms with Gasteiger partial charge in [-0.05, 0) is 68.2 Å². The molecule has 3 rings (SSSR count). The van der Waals surface area contributed by atoms with Crippen LogP contribution in [0.2, 0.25) is 0 Å². The summed E-state index contributed by atoms with van der Waals surface area (Å²) in [5, 5.41) is 9.48. The molecule has 0 bridgehead atoms. The maximum Gasteiger partial charge on any atom is 0.256 e. The first-order valence-corrected chi connectivity index (χ1v) is 11.3. The number of aromatic amines is 1. The number of hydrogen-bond donors (Lipinski definition) is 3. The van der Waals surface area contributed by atoms with Crippen molar-refractivity contribution < 1.29 is 9.59 Å². The molecule has 9 heteroatoms. The van der Waals surface area contributed by atoms with Crippen LogP contribution < -0.4 is 10.6 Å². The Labute approximate surface area is 193 Å². The van der Waals surface area contributed by atoms with E-state index in [9.17, 15) is 9.59 Å². The smallest absolute Gasteiger partial charge is 0.256 e. The van der Waals surface area contributed by atoms with Gasteiger partial charge in [-0.3, -0.25) is 9.59 Å². The van der Waals surface area contributed by atoms with E-state index in [4.69, 9.17) is 5.53 Å². The van der Waals surface area contributed by atoms with Crippen molar-refractivity contribution in [2.24, 2.45) is 5.11 Å². The molecule has 33 heavy (non-hydrogen) atoms. The number of aromatic nitrogens is 1. The third kappa shape index (κ3) is 5.45. The number of fused-ring (bicyclic) bond motifs is 1. The van der Waals surface area contributed by atoms with Crippen molar-refractivity contribution in [1.29, 1.82) is 0 Å². The van der Waals surface area contributed by atoms with E-state index in [0.29, 0.717) is 30.6 Å². The number of anilines is 1. The first-order chi connectivity index (χ1) is 15.9.